The number of benzene rings is 1. The number of methoxy groups -OCH3 is 1. The van der Waals surface area contributed by atoms with Gasteiger partial charge in [0, 0.05) is 5.56 Å². The van der Waals surface area contributed by atoms with E-state index >= 15 is 0 Å². The summed E-state index contributed by atoms with van der Waals surface area (Å²) in [4.78, 5) is 22.5. The fraction of sp³-hybridized carbons (Fsp3) is 0.333. The van der Waals surface area contributed by atoms with Crippen LogP contribution >= 0.6 is 0 Å². The minimum Gasteiger partial charge on any atom is -0.467 e. The molecular weight excluding hydrogens is 211 g/mol. The summed E-state index contributed by atoms with van der Waals surface area (Å²) in [5.41, 5.74) is 1.70. The number of hydrogen-bond donors (Lipinski definition) is 0. The largest absolute Gasteiger partial charge is 0.467 e. The van der Waals surface area contributed by atoms with Gasteiger partial charge >= 0.3 is 5.97 Å². The first kappa shape index (κ1) is 12.4. The van der Waals surface area contributed by atoms with Crippen LogP contribution in [0, 0.1) is 13.8 Å². The van der Waals surface area contributed by atoms with Gasteiger partial charge in [0.2, 0.25) is 5.78 Å². The molecule has 0 aliphatic rings. The highest BCUT2D eigenvalue weighted by Crippen LogP contribution is 2.14. The van der Waals surface area contributed by atoms with Crippen molar-refractivity contribution in [2.45, 2.75) is 20.0 Å². The van der Waals surface area contributed by atoms with Crippen molar-refractivity contribution < 1.29 is 18.7 Å². The summed E-state index contributed by atoms with van der Waals surface area (Å²) in [5, 5.41) is 0. The normalized spacial score (nSPS) is 12.0. The summed E-state index contributed by atoms with van der Waals surface area (Å²) in [6, 6.07) is 5.09. The van der Waals surface area contributed by atoms with Crippen LogP contribution in [-0.2, 0) is 9.53 Å². The van der Waals surface area contributed by atoms with Gasteiger partial charge in [-0.05, 0) is 25.5 Å². The minimum absolute atomic E-state index is 0.220. The van der Waals surface area contributed by atoms with E-state index in [4.69, 9.17) is 0 Å². The quantitative estimate of drug-likeness (QED) is 0.448. The Hall–Kier alpha value is -1.71. The molecule has 4 heteroatoms. The van der Waals surface area contributed by atoms with Crippen molar-refractivity contribution >= 4 is 11.8 Å². The predicted octanol–water partition coefficient (Wildman–Crippen LogP) is 2.00. The zero-order valence-electron chi connectivity index (χ0n) is 9.41. The minimum atomic E-state index is -2.24. The van der Waals surface area contributed by atoms with Crippen LogP contribution in [-0.4, -0.2) is 25.0 Å². The van der Waals surface area contributed by atoms with Crippen LogP contribution in [0.15, 0.2) is 18.2 Å². The molecule has 1 atom stereocenters. The molecule has 1 aromatic carbocycles. The van der Waals surface area contributed by atoms with E-state index < -0.39 is 17.9 Å². The first-order valence-corrected chi connectivity index (χ1v) is 4.80. The molecule has 0 radical (unpaired) electrons. The third-order valence-corrected chi connectivity index (χ3v) is 2.30. The average molecular weight is 224 g/mol. The highest BCUT2D eigenvalue weighted by atomic mass is 19.1. The van der Waals surface area contributed by atoms with E-state index in [9.17, 15) is 14.0 Å². The molecule has 86 valence electrons. The summed E-state index contributed by atoms with van der Waals surface area (Å²) in [5.74, 6) is -2.01. The Kier molecular flexibility index (Phi) is 3.77. The molecule has 0 saturated heterocycles. The Morgan fingerprint density at radius 3 is 2.50 bits per heavy atom. The SMILES string of the molecule is COC(=O)C(F)C(=O)c1cc(C)ccc1C. The second kappa shape index (κ2) is 4.88. The van der Waals surface area contributed by atoms with Gasteiger partial charge in [-0.2, -0.15) is 0 Å². The number of ether oxygens (including phenoxy) is 1. The fourth-order valence-electron chi connectivity index (χ4n) is 1.35. The van der Waals surface area contributed by atoms with Crippen molar-refractivity contribution in [3.8, 4) is 0 Å². The molecule has 16 heavy (non-hydrogen) atoms. The summed E-state index contributed by atoms with van der Waals surface area (Å²) in [7, 11) is 1.05. The van der Waals surface area contributed by atoms with Crippen LogP contribution in [0.3, 0.4) is 0 Å². The molecule has 1 rings (SSSR count). The maximum Gasteiger partial charge on any atom is 0.348 e. The molecule has 0 saturated carbocycles. The maximum absolute atomic E-state index is 13.4. The van der Waals surface area contributed by atoms with Gasteiger partial charge < -0.3 is 4.74 Å². The van der Waals surface area contributed by atoms with E-state index in [1.165, 1.54) is 0 Å². The second-order valence-corrected chi connectivity index (χ2v) is 3.57. The van der Waals surface area contributed by atoms with Gasteiger partial charge in [-0.15, -0.1) is 0 Å². The molecule has 0 aliphatic heterocycles. The van der Waals surface area contributed by atoms with Gasteiger partial charge in [0.05, 0.1) is 7.11 Å². The van der Waals surface area contributed by atoms with Crippen LogP contribution in [0.5, 0.6) is 0 Å². The van der Waals surface area contributed by atoms with Crippen molar-refractivity contribution in [1.82, 2.24) is 0 Å². The molecule has 0 amide bonds. The van der Waals surface area contributed by atoms with E-state index in [1.807, 2.05) is 6.07 Å². The van der Waals surface area contributed by atoms with E-state index in [1.54, 1.807) is 26.0 Å². The third-order valence-electron chi connectivity index (χ3n) is 2.30. The fourth-order valence-corrected chi connectivity index (χ4v) is 1.35. The zero-order valence-corrected chi connectivity index (χ0v) is 9.41. The molecule has 0 fully saturated rings. The van der Waals surface area contributed by atoms with Crippen molar-refractivity contribution in [3.63, 3.8) is 0 Å². The van der Waals surface area contributed by atoms with Crippen molar-refractivity contribution in [1.29, 1.82) is 0 Å². The Balaban J connectivity index is 3.05. The van der Waals surface area contributed by atoms with E-state index in [0.29, 0.717) is 5.56 Å². The van der Waals surface area contributed by atoms with Crippen LogP contribution in [0.4, 0.5) is 4.39 Å². The molecule has 1 unspecified atom stereocenters. The van der Waals surface area contributed by atoms with Crippen molar-refractivity contribution in [3.05, 3.63) is 34.9 Å². The van der Waals surface area contributed by atoms with Crippen LogP contribution in [0.25, 0.3) is 0 Å². The highest BCUT2D eigenvalue weighted by molar-refractivity contribution is 6.11. The van der Waals surface area contributed by atoms with Crippen molar-refractivity contribution in [2.75, 3.05) is 7.11 Å². The maximum atomic E-state index is 13.4. The smallest absolute Gasteiger partial charge is 0.348 e. The van der Waals surface area contributed by atoms with Crippen LogP contribution in [0.1, 0.15) is 21.5 Å². The summed E-state index contributed by atoms with van der Waals surface area (Å²) in [6.45, 7) is 3.48. The summed E-state index contributed by atoms with van der Waals surface area (Å²) < 4.78 is 17.6. The molecule has 0 aliphatic carbocycles. The monoisotopic (exact) mass is 224 g/mol. The topological polar surface area (TPSA) is 43.4 Å². The molecule has 0 aromatic heterocycles. The summed E-state index contributed by atoms with van der Waals surface area (Å²) >= 11 is 0. The van der Waals surface area contributed by atoms with Crippen molar-refractivity contribution in [2.24, 2.45) is 0 Å². The number of Topliss-reactive ketones (excluding diaryl/α,β-unsaturated/α-hetero) is 1. The number of ketones is 1. The van der Waals surface area contributed by atoms with Crippen LogP contribution in [0.2, 0.25) is 0 Å². The van der Waals surface area contributed by atoms with Gasteiger partial charge in [0.15, 0.2) is 0 Å². The number of halogens is 1. The Morgan fingerprint density at radius 1 is 1.31 bits per heavy atom. The van der Waals surface area contributed by atoms with Gasteiger partial charge in [-0.25, -0.2) is 9.18 Å². The van der Waals surface area contributed by atoms with E-state index in [0.717, 1.165) is 12.7 Å². The molecule has 0 heterocycles. The molecular formula is C12H13FO3. The first-order valence-electron chi connectivity index (χ1n) is 4.80. The third kappa shape index (κ3) is 2.45. The lowest BCUT2D eigenvalue weighted by Crippen LogP contribution is -2.27. The lowest BCUT2D eigenvalue weighted by molar-refractivity contribution is -0.144. The van der Waals surface area contributed by atoms with E-state index in [2.05, 4.69) is 4.74 Å². The molecule has 3 nitrogen and oxygen atoms in total. The number of carbonyl (C=O) groups is 2. The van der Waals surface area contributed by atoms with Gasteiger partial charge in [0.1, 0.15) is 0 Å². The van der Waals surface area contributed by atoms with Gasteiger partial charge in [-0.1, -0.05) is 17.7 Å². The van der Waals surface area contributed by atoms with Gasteiger partial charge in [-0.3, -0.25) is 4.79 Å². The predicted molar refractivity (Wildman–Crippen MR) is 57.2 cm³/mol. The molecule has 1 aromatic rings. The molecule has 0 bridgehead atoms. The second-order valence-electron chi connectivity index (χ2n) is 3.57. The number of hydrogen-bond acceptors (Lipinski definition) is 3. The Bertz CT molecular complexity index is 426. The summed E-state index contributed by atoms with van der Waals surface area (Å²) in [6.07, 6.45) is -2.24. The lowest BCUT2D eigenvalue weighted by atomic mass is 9.99. The zero-order chi connectivity index (χ0) is 12.3. The molecule has 0 spiro atoms. The Labute approximate surface area is 93.2 Å². The standard InChI is InChI=1S/C12H13FO3/c1-7-4-5-8(2)9(6-7)11(14)10(13)12(15)16-3/h4-6,10H,1-3H3. The molecule has 0 N–H and O–H groups in total. The first-order chi connectivity index (χ1) is 7.47. The van der Waals surface area contributed by atoms with Gasteiger partial charge in [0.25, 0.3) is 6.17 Å². The number of aryl methyl sites for hydroxylation is 2. The number of esters is 1. The average Bonchev–Trinajstić information content (AvgIpc) is 2.29. The number of alkyl halides is 1. The number of rotatable bonds is 3. The van der Waals surface area contributed by atoms with Crippen LogP contribution < -0.4 is 0 Å². The number of carbonyl (C=O) groups excluding carboxylic acids is 2. The Morgan fingerprint density at radius 2 is 1.94 bits per heavy atom. The lowest BCUT2D eigenvalue weighted by Gasteiger charge is -2.08. The van der Waals surface area contributed by atoms with E-state index in [-0.39, 0.29) is 5.56 Å². The highest BCUT2D eigenvalue weighted by Gasteiger charge is 2.28.